The summed E-state index contributed by atoms with van der Waals surface area (Å²) < 4.78 is 10.6. The largest absolute Gasteiger partial charge is 0.497 e. The van der Waals surface area contributed by atoms with Crippen molar-refractivity contribution in [3.63, 3.8) is 0 Å². The van der Waals surface area contributed by atoms with Crippen LogP contribution in [0.25, 0.3) is 0 Å². The molecule has 0 spiro atoms. The number of ether oxygens (including phenoxy) is 2. The lowest BCUT2D eigenvalue weighted by Gasteiger charge is -2.18. The Morgan fingerprint density at radius 1 is 1.07 bits per heavy atom. The van der Waals surface area contributed by atoms with Crippen LogP contribution in [-0.2, 0) is 4.79 Å². The normalized spacial score (nSPS) is 11.4. The van der Waals surface area contributed by atoms with Crippen molar-refractivity contribution in [2.45, 2.75) is 26.3 Å². The second kappa shape index (κ2) is 9.62. The van der Waals surface area contributed by atoms with Crippen LogP contribution in [0.3, 0.4) is 0 Å². The molecule has 0 aliphatic carbocycles. The molecule has 2 amide bonds. The van der Waals surface area contributed by atoms with Crippen LogP contribution in [0.15, 0.2) is 42.5 Å². The van der Waals surface area contributed by atoms with Crippen molar-refractivity contribution < 1.29 is 19.1 Å². The summed E-state index contributed by atoms with van der Waals surface area (Å²) in [7, 11) is 3.17. The van der Waals surface area contributed by atoms with Gasteiger partial charge in [0.25, 0.3) is 5.91 Å². The molecular weight excluding hydrogens is 344 g/mol. The third kappa shape index (κ3) is 5.74. The SMILES string of the molecule is COc1ccc(OC)c([C@H](C)NC(=O)CCNC(=O)c2cccc(C)c2)c1. The fourth-order valence-corrected chi connectivity index (χ4v) is 2.75. The summed E-state index contributed by atoms with van der Waals surface area (Å²) in [6.45, 7) is 4.07. The van der Waals surface area contributed by atoms with Crippen LogP contribution in [0.4, 0.5) is 0 Å². The summed E-state index contributed by atoms with van der Waals surface area (Å²) in [6, 6.07) is 12.5. The second-order valence-corrected chi connectivity index (χ2v) is 6.27. The van der Waals surface area contributed by atoms with Gasteiger partial charge < -0.3 is 20.1 Å². The highest BCUT2D eigenvalue weighted by Crippen LogP contribution is 2.29. The van der Waals surface area contributed by atoms with Crippen LogP contribution in [0.1, 0.15) is 40.9 Å². The summed E-state index contributed by atoms with van der Waals surface area (Å²) in [5.41, 5.74) is 2.43. The molecule has 1 atom stereocenters. The number of rotatable bonds is 8. The van der Waals surface area contributed by atoms with Gasteiger partial charge in [0.05, 0.1) is 20.3 Å². The minimum Gasteiger partial charge on any atom is -0.497 e. The minimum absolute atomic E-state index is 0.156. The van der Waals surface area contributed by atoms with Crippen LogP contribution in [0.2, 0.25) is 0 Å². The lowest BCUT2D eigenvalue weighted by Crippen LogP contribution is -2.32. The van der Waals surface area contributed by atoms with Gasteiger partial charge in [0.2, 0.25) is 5.91 Å². The first-order valence-corrected chi connectivity index (χ1v) is 8.80. The first-order valence-electron chi connectivity index (χ1n) is 8.80. The molecule has 0 bridgehead atoms. The Hall–Kier alpha value is -3.02. The van der Waals surface area contributed by atoms with Crippen LogP contribution >= 0.6 is 0 Å². The maximum Gasteiger partial charge on any atom is 0.251 e. The smallest absolute Gasteiger partial charge is 0.251 e. The number of nitrogens with one attached hydrogen (secondary N) is 2. The van der Waals surface area contributed by atoms with Gasteiger partial charge in [-0.3, -0.25) is 9.59 Å². The molecule has 0 aliphatic rings. The highest BCUT2D eigenvalue weighted by molar-refractivity contribution is 5.94. The topological polar surface area (TPSA) is 76.7 Å². The van der Waals surface area contributed by atoms with Crippen molar-refractivity contribution in [1.29, 1.82) is 0 Å². The fraction of sp³-hybridized carbons (Fsp3) is 0.333. The van der Waals surface area contributed by atoms with Crippen molar-refractivity contribution in [2.75, 3.05) is 20.8 Å². The molecule has 2 aromatic carbocycles. The molecule has 0 fully saturated rings. The van der Waals surface area contributed by atoms with E-state index in [0.29, 0.717) is 17.1 Å². The Morgan fingerprint density at radius 2 is 1.85 bits per heavy atom. The average molecular weight is 370 g/mol. The number of methoxy groups -OCH3 is 2. The molecule has 0 heterocycles. The Labute approximate surface area is 159 Å². The number of benzene rings is 2. The van der Waals surface area contributed by atoms with E-state index in [-0.39, 0.29) is 30.8 Å². The van der Waals surface area contributed by atoms with Crippen molar-refractivity contribution in [3.8, 4) is 11.5 Å². The fourth-order valence-electron chi connectivity index (χ4n) is 2.75. The summed E-state index contributed by atoms with van der Waals surface area (Å²) in [4.78, 5) is 24.3. The lowest BCUT2D eigenvalue weighted by molar-refractivity contribution is -0.121. The third-order valence-corrected chi connectivity index (χ3v) is 4.20. The summed E-state index contributed by atoms with van der Waals surface area (Å²) in [5, 5.41) is 5.69. The van der Waals surface area contributed by atoms with E-state index in [2.05, 4.69) is 10.6 Å². The van der Waals surface area contributed by atoms with E-state index in [1.807, 2.05) is 38.1 Å². The van der Waals surface area contributed by atoms with E-state index in [1.54, 1.807) is 32.4 Å². The maximum atomic E-state index is 12.2. The zero-order valence-electron chi connectivity index (χ0n) is 16.2. The number of hydrogen-bond donors (Lipinski definition) is 2. The predicted octanol–water partition coefficient (Wildman–Crippen LogP) is 3.01. The molecule has 6 heteroatoms. The first-order chi connectivity index (χ1) is 12.9. The molecule has 27 heavy (non-hydrogen) atoms. The Bertz CT molecular complexity index is 805. The van der Waals surface area contributed by atoms with Crippen molar-refractivity contribution >= 4 is 11.8 Å². The number of carbonyl (C=O) groups is 2. The number of carbonyl (C=O) groups excluding carboxylic acids is 2. The second-order valence-electron chi connectivity index (χ2n) is 6.27. The maximum absolute atomic E-state index is 12.2. The van der Waals surface area contributed by atoms with Crippen molar-refractivity contribution in [3.05, 3.63) is 59.2 Å². The van der Waals surface area contributed by atoms with E-state index in [0.717, 1.165) is 11.1 Å². The van der Waals surface area contributed by atoms with Gasteiger partial charge in [0.15, 0.2) is 0 Å². The standard InChI is InChI=1S/C21H26N2O4/c1-14-6-5-7-16(12-14)21(25)22-11-10-20(24)23-15(2)18-13-17(26-3)8-9-19(18)27-4/h5-9,12-13,15H,10-11H2,1-4H3,(H,22,25)(H,23,24)/t15-/m0/s1. The lowest BCUT2D eigenvalue weighted by atomic mass is 10.1. The summed E-state index contributed by atoms with van der Waals surface area (Å²) >= 11 is 0. The monoisotopic (exact) mass is 370 g/mol. The van der Waals surface area contributed by atoms with Crippen LogP contribution in [0, 0.1) is 6.92 Å². The average Bonchev–Trinajstić information content (AvgIpc) is 2.67. The zero-order valence-corrected chi connectivity index (χ0v) is 16.2. The van der Waals surface area contributed by atoms with Gasteiger partial charge in [0.1, 0.15) is 11.5 Å². The molecular formula is C21H26N2O4. The molecule has 0 aliphatic heterocycles. The highest BCUT2D eigenvalue weighted by atomic mass is 16.5. The quantitative estimate of drug-likeness (QED) is 0.749. The molecule has 0 unspecified atom stereocenters. The van der Waals surface area contributed by atoms with E-state index < -0.39 is 0 Å². The van der Waals surface area contributed by atoms with Crippen LogP contribution < -0.4 is 20.1 Å². The van der Waals surface area contributed by atoms with Gasteiger partial charge >= 0.3 is 0 Å². The molecule has 144 valence electrons. The molecule has 2 N–H and O–H groups in total. The first kappa shape index (κ1) is 20.3. The molecule has 2 rings (SSSR count). The van der Waals surface area contributed by atoms with Gasteiger partial charge in [0, 0.05) is 24.1 Å². The van der Waals surface area contributed by atoms with Gasteiger partial charge in [-0.05, 0) is 44.2 Å². The van der Waals surface area contributed by atoms with Gasteiger partial charge in [-0.25, -0.2) is 0 Å². The summed E-state index contributed by atoms with van der Waals surface area (Å²) in [6.07, 6.45) is 0.189. The Kier molecular flexibility index (Phi) is 7.23. The minimum atomic E-state index is -0.255. The molecule has 0 saturated heterocycles. The van der Waals surface area contributed by atoms with E-state index in [4.69, 9.17) is 9.47 Å². The third-order valence-electron chi connectivity index (χ3n) is 4.20. The van der Waals surface area contributed by atoms with Gasteiger partial charge in [-0.15, -0.1) is 0 Å². The number of amides is 2. The van der Waals surface area contributed by atoms with E-state index >= 15 is 0 Å². The molecule has 0 radical (unpaired) electrons. The van der Waals surface area contributed by atoms with Crippen LogP contribution in [0.5, 0.6) is 11.5 Å². The Morgan fingerprint density at radius 3 is 2.52 bits per heavy atom. The van der Waals surface area contributed by atoms with Crippen molar-refractivity contribution in [2.24, 2.45) is 0 Å². The Balaban J connectivity index is 1.87. The van der Waals surface area contributed by atoms with Crippen LogP contribution in [-0.4, -0.2) is 32.6 Å². The number of aryl methyl sites for hydroxylation is 1. The van der Waals surface area contributed by atoms with E-state index in [9.17, 15) is 9.59 Å². The molecule has 2 aromatic rings. The van der Waals surface area contributed by atoms with Crippen molar-refractivity contribution in [1.82, 2.24) is 10.6 Å². The van der Waals surface area contributed by atoms with Gasteiger partial charge in [-0.1, -0.05) is 17.7 Å². The summed E-state index contributed by atoms with van der Waals surface area (Å²) in [5.74, 6) is 1.03. The molecule has 0 saturated carbocycles. The predicted molar refractivity (Wildman–Crippen MR) is 104 cm³/mol. The van der Waals surface area contributed by atoms with Gasteiger partial charge in [-0.2, -0.15) is 0 Å². The zero-order chi connectivity index (χ0) is 19.8. The molecule has 0 aromatic heterocycles. The number of hydrogen-bond acceptors (Lipinski definition) is 4. The highest BCUT2D eigenvalue weighted by Gasteiger charge is 2.15. The van der Waals surface area contributed by atoms with E-state index in [1.165, 1.54) is 0 Å². The molecule has 6 nitrogen and oxygen atoms in total.